The SMILES string of the molecule is Cc1ccc(C)c(NC(=O)CSc2nc3c(sc4ncccc43)c(=O)n2CC2CCCO2)c1. The van der Waals surface area contributed by atoms with Crippen LogP contribution in [0.15, 0.2) is 46.5 Å². The highest BCUT2D eigenvalue weighted by atomic mass is 32.2. The third kappa shape index (κ3) is 4.53. The fourth-order valence-electron chi connectivity index (χ4n) is 3.99. The van der Waals surface area contributed by atoms with Gasteiger partial charge in [-0.2, -0.15) is 0 Å². The number of nitrogens with zero attached hydrogens (tertiary/aromatic N) is 3. The first-order chi connectivity index (χ1) is 16.0. The van der Waals surface area contributed by atoms with Crippen LogP contribution in [-0.4, -0.2) is 38.9 Å². The van der Waals surface area contributed by atoms with Crippen LogP contribution in [0.2, 0.25) is 0 Å². The maximum Gasteiger partial charge on any atom is 0.272 e. The number of nitrogens with one attached hydrogen (secondary N) is 1. The molecule has 4 aromatic rings. The highest BCUT2D eigenvalue weighted by Crippen LogP contribution is 2.31. The van der Waals surface area contributed by atoms with E-state index in [1.807, 2.05) is 44.2 Å². The number of rotatable bonds is 6. The van der Waals surface area contributed by atoms with Gasteiger partial charge in [-0.1, -0.05) is 23.9 Å². The number of benzene rings is 1. The Labute approximate surface area is 199 Å². The summed E-state index contributed by atoms with van der Waals surface area (Å²) in [5, 5.41) is 4.37. The molecule has 1 atom stereocenters. The Balaban J connectivity index is 1.47. The highest BCUT2D eigenvalue weighted by molar-refractivity contribution is 7.99. The number of carbonyl (C=O) groups is 1. The number of thioether (sulfide) groups is 1. The van der Waals surface area contributed by atoms with E-state index in [2.05, 4.69) is 10.3 Å². The van der Waals surface area contributed by atoms with Gasteiger partial charge in [-0.15, -0.1) is 11.3 Å². The van der Waals surface area contributed by atoms with E-state index in [4.69, 9.17) is 9.72 Å². The Morgan fingerprint density at radius 1 is 1.33 bits per heavy atom. The van der Waals surface area contributed by atoms with E-state index in [1.54, 1.807) is 10.8 Å². The normalized spacial score (nSPS) is 16.0. The van der Waals surface area contributed by atoms with Crippen LogP contribution in [0, 0.1) is 13.8 Å². The Hall–Kier alpha value is -2.75. The van der Waals surface area contributed by atoms with Crippen LogP contribution < -0.4 is 10.9 Å². The van der Waals surface area contributed by atoms with E-state index < -0.39 is 0 Å². The van der Waals surface area contributed by atoms with Gasteiger partial charge in [0, 0.05) is 23.9 Å². The molecule has 0 bridgehead atoms. The molecule has 1 unspecified atom stereocenters. The van der Waals surface area contributed by atoms with Crippen molar-refractivity contribution >= 4 is 55.1 Å². The highest BCUT2D eigenvalue weighted by Gasteiger charge is 2.22. The number of hydrogen-bond donors (Lipinski definition) is 1. The number of hydrogen-bond acceptors (Lipinski definition) is 7. The Morgan fingerprint density at radius 3 is 3.03 bits per heavy atom. The molecular weight excluding hydrogens is 456 g/mol. The summed E-state index contributed by atoms with van der Waals surface area (Å²) in [4.78, 5) is 36.2. The minimum absolute atomic E-state index is 0.0161. The first-order valence-electron chi connectivity index (χ1n) is 10.9. The average Bonchev–Trinajstić information content (AvgIpc) is 3.45. The minimum atomic E-state index is -0.136. The lowest BCUT2D eigenvalue weighted by molar-refractivity contribution is -0.113. The second kappa shape index (κ2) is 9.24. The fourth-order valence-corrected chi connectivity index (χ4v) is 5.82. The molecule has 1 aromatic carbocycles. The molecule has 0 aliphatic carbocycles. The van der Waals surface area contributed by atoms with Crippen molar-refractivity contribution in [3.63, 3.8) is 0 Å². The fraction of sp³-hybridized carbons (Fsp3) is 0.333. The van der Waals surface area contributed by atoms with Crippen molar-refractivity contribution < 1.29 is 9.53 Å². The molecule has 9 heteroatoms. The lowest BCUT2D eigenvalue weighted by Gasteiger charge is -2.16. The van der Waals surface area contributed by atoms with Gasteiger partial charge in [-0.3, -0.25) is 14.2 Å². The molecule has 1 aliphatic heterocycles. The van der Waals surface area contributed by atoms with E-state index in [0.717, 1.165) is 39.9 Å². The van der Waals surface area contributed by atoms with Crippen molar-refractivity contribution in [2.24, 2.45) is 0 Å². The molecule has 3 aromatic heterocycles. The van der Waals surface area contributed by atoms with E-state index in [9.17, 15) is 9.59 Å². The van der Waals surface area contributed by atoms with Crippen LogP contribution >= 0.6 is 23.1 Å². The van der Waals surface area contributed by atoms with Gasteiger partial charge in [0.25, 0.3) is 5.56 Å². The zero-order valence-electron chi connectivity index (χ0n) is 18.5. The molecule has 33 heavy (non-hydrogen) atoms. The van der Waals surface area contributed by atoms with Crippen molar-refractivity contribution in [1.29, 1.82) is 0 Å². The summed E-state index contributed by atoms with van der Waals surface area (Å²) in [6.45, 7) is 5.10. The topological polar surface area (TPSA) is 86.1 Å². The molecule has 170 valence electrons. The number of aromatic nitrogens is 3. The van der Waals surface area contributed by atoms with E-state index >= 15 is 0 Å². The zero-order valence-corrected chi connectivity index (χ0v) is 20.1. The Kier molecular flexibility index (Phi) is 6.18. The number of pyridine rings is 1. The molecule has 1 saturated heterocycles. The van der Waals surface area contributed by atoms with Crippen molar-refractivity contribution in [3.8, 4) is 0 Å². The number of aryl methyl sites for hydroxylation is 2. The van der Waals surface area contributed by atoms with E-state index in [-0.39, 0.29) is 23.3 Å². The summed E-state index contributed by atoms with van der Waals surface area (Å²) in [5.41, 5.74) is 3.44. The minimum Gasteiger partial charge on any atom is -0.376 e. The standard InChI is InChI=1S/C24H24N4O3S2/c1-14-7-8-15(2)18(11-14)26-19(29)13-32-24-27-20-17-6-3-9-25-22(17)33-21(20)23(30)28(24)12-16-5-4-10-31-16/h3,6-9,11,16H,4-5,10,12-13H2,1-2H3,(H,26,29). The molecule has 5 rings (SSSR count). The number of thiophene rings is 1. The average molecular weight is 481 g/mol. The molecule has 0 radical (unpaired) electrons. The zero-order chi connectivity index (χ0) is 22.9. The van der Waals surface area contributed by atoms with Gasteiger partial charge >= 0.3 is 0 Å². The van der Waals surface area contributed by atoms with Gasteiger partial charge in [0.2, 0.25) is 5.91 Å². The second-order valence-electron chi connectivity index (χ2n) is 8.24. The maximum atomic E-state index is 13.5. The largest absolute Gasteiger partial charge is 0.376 e. The first kappa shape index (κ1) is 22.1. The Bertz CT molecular complexity index is 1410. The van der Waals surface area contributed by atoms with E-state index in [1.165, 1.54) is 23.1 Å². The predicted octanol–water partition coefficient (Wildman–Crippen LogP) is 4.53. The van der Waals surface area contributed by atoms with Gasteiger partial charge in [-0.25, -0.2) is 9.97 Å². The molecule has 1 aliphatic rings. The quantitative estimate of drug-likeness (QED) is 0.322. The number of fused-ring (bicyclic) bond motifs is 3. The monoisotopic (exact) mass is 480 g/mol. The van der Waals surface area contributed by atoms with Crippen molar-refractivity contribution in [1.82, 2.24) is 14.5 Å². The van der Waals surface area contributed by atoms with Crippen molar-refractivity contribution in [2.75, 3.05) is 17.7 Å². The molecule has 0 saturated carbocycles. The second-order valence-corrected chi connectivity index (χ2v) is 10.2. The van der Waals surface area contributed by atoms with Crippen LogP contribution in [0.3, 0.4) is 0 Å². The molecule has 0 spiro atoms. The van der Waals surface area contributed by atoms with Gasteiger partial charge in [0.1, 0.15) is 9.53 Å². The summed E-state index contributed by atoms with van der Waals surface area (Å²) >= 11 is 2.64. The molecule has 1 N–H and O–H groups in total. The maximum absolute atomic E-state index is 13.5. The van der Waals surface area contributed by atoms with Crippen LogP contribution in [0.1, 0.15) is 24.0 Å². The molecule has 4 heterocycles. The number of amides is 1. The van der Waals surface area contributed by atoms with Crippen molar-refractivity contribution in [2.45, 2.75) is 44.5 Å². The molecule has 1 fully saturated rings. The summed E-state index contributed by atoms with van der Waals surface area (Å²) in [7, 11) is 0. The summed E-state index contributed by atoms with van der Waals surface area (Å²) in [6.07, 6.45) is 3.60. The van der Waals surface area contributed by atoms with Gasteiger partial charge in [-0.05, 0) is 56.0 Å². The molecule has 1 amide bonds. The van der Waals surface area contributed by atoms with Gasteiger partial charge in [0.15, 0.2) is 5.16 Å². The van der Waals surface area contributed by atoms with Gasteiger partial charge < -0.3 is 10.1 Å². The predicted molar refractivity (Wildman–Crippen MR) is 133 cm³/mol. The molecular formula is C24H24N4O3S2. The lowest BCUT2D eigenvalue weighted by atomic mass is 10.1. The molecule has 7 nitrogen and oxygen atoms in total. The van der Waals surface area contributed by atoms with Crippen LogP contribution in [0.4, 0.5) is 5.69 Å². The van der Waals surface area contributed by atoms with Crippen molar-refractivity contribution in [3.05, 3.63) is 58.0 Å². The first-order valence-corrected chi connectivity index (χ1v) is 12.7. The van der Waals surface area contributed by atoms with Crippen LogP contribution in [-0.2, 0) is 16.1 Å². The lowest BCUT2D eigenvalue weighted by Crippen LogP contribution is -2.28. The third-order valence-corrected chi connectivity index (χ3v) is 7.79. The number of carbonyl (C=O) groups excluding carboxylic acids is 1. The number of ether oxygens (including phenoxy) is 1. The summed E-state index contributed by atoms with van der Waals surface area (Å²) < 4.78 is 8.04. The van der Waals surface area contributed by atoms with E-state index in [0.29, 0.717) is 28.5 Å². The number of anilines is 1. The Morgan fingerprint density at radius 2 is 2.21 bits per heavy atom. The van der Waals surface area contributed by atoms with Crippen LogP contribution in [0.5, 0.6) is 0 Å². The van der Waals surface area contributed by atoms with Gasteiger partial charge in [0.05, 0.1) is 23.9 Å². The third-order valence-electron chi connectivity index (χ3n) is 5.73. The summed E-state index contributed by atoms with van der Waals surface area (Å²) in [5.74, 6) is 0.0144. The smallest absolute Gasteiger partial charge is 0.272 e. The van der Waals surface area contributed by atoms with Crippen LogP contribution in [0.25, 0.3) is 20.4 Å². The summed E-state index contributed by atoms with van der Waals surface area (Å²) in [6, 6.07) is 9.74.